The molecule has 0 heterocycles. The molecule has 1 aromatic rings. The molecule has 0 nitrogen and oxygen atoms in total. The highest BCUT2D eigenvalue weighted by atomic mass is 14.0. The molecule has 0 aliphatic rings. The standard InChI is InChI=1S/C10H14.C2H6/c1-8(2)10-6-4-5-9(3)7-10;1-2/h4-8H,1-3H3;1-2H3. The van der Waals surface area contributed by atoms with E-state index >= 15 is 0 Å². The molecule has 0 aliphatic carbocycles. The Balaban J connectivity index is 0.000000561. The first-order valence-corrected chi connectivity index (χ1v) is 4.76. The van der Waals surface area contributed by atoms with Crippen molar-refractivity contribution in [2.75, 3.05) is 0 Å². The van der Waals surface area contributed by atoms with Crippen LogP contribution in [-0.4, -0.2) is 0 Å². The molecular formula is C12H20. The van der Waals surface area contributed by atoms with E-state index < -0.39 is 0 Å². The lowest BCUT2D eigenvalue weighted by Gasteiger charge is -2.04. The first kappa shape index (κ1) is 11.2. The molecule has 0 bridgehead atoms. The Morgan fingerprint density at radius 3 is 2.00 bits per heavy atom. The predicted molar refractivity (Wildman–Crippen MR) is 56.6 cm³/mol. The Kier molecular flexibility index (Phi) is 5.44. The van der Waals surface area contributed by atoms with Crippen molar-refractivity contribution in [1.29, 1.82) is 0 Å². The summed E-state index contributed by atoms with van der Waals surface area (Å²) in [5.41, 5.74) is 2.78. The Hall–Kier alpha value is -0.780. The van der Waals surface area contributed by atoms with E-state index in [0.29, 0.717) is 5.92 Å². The van der Waals surface area contributed by atoms with Crippen LogP contribution in [0.5, 0.6) is 0 Å². The van der Waals surface area contributed by atoms with Crippen molar-refractivity contribution in [2.24, 2.45) is 0 Å². The second kappa shape index (κ2) is 5.82. The van der Waals surface area contributed by atoms with Crippen LogP contribution in [-0.2, 0) is 0 Å². The van der Waals surface area contributed by atoms with Crippen LogP contribution in [0.4, 0.5) is 0 Å². The van der Waals surface area contributed by atoms with Crippen LogP contribution >= 0.6 is 0 Å². The summed E-state index contributed by atoms with van der Waals surface area (Å²) in [5, 5.41) is 0. The van der Waals surface area contributed by atoms with Crippen molar-refractivity contribution in [1.82, 2.24) is 0 Å². The molecule has 0 unspecified atom stereocenters. The van der Waals surface area contributed by atoms with Gasteiger partial charge >= 0.3 is 0 Å². The van der Waals surface area contributed by atoms with Crippen molar-refractivity contribution in [3.05, 3.63) is 35.4 Å². The van der Waals surface area contributed by atoms with E-state index in [0.717, 1.165) is 0 Å². The molecule has 0 aliphatic heterocycles. The smallest absolute Gasteiger partial charge is 0.0219 e. The molecule has 0 spiro atoms. The Bertz CT molecular complexity index is 211. The van der Waals surface area contributed by atoms with Gasteiger partial charge in [0.1, 0.15) is 0 Å². The molecule has 1 aromatic carbocycles. The SMILES string of the molecule is CC.Cc1cccc(C(C)C)c1. The maximum atomic E-state index is 2.24. The van der Waals surface area contributed by atoms with Crippen molar-refractivity contribution >= 4 is 0 Å². The monoisotopic (exact) mass is 164 g/mol. The molecule has 0 atom stereocenters. The second-order valence-electron chi connectivity index (χ2n) is 3.07. The first-order chi connectivity index (χ1) is 5.70. The molecule has 68 valence electrons. The van der Waals surface area contributed by atoms with Gasteiger partial charge in [0.15, 0.2) is 0 Å². The van der Waals surface area contributed by atoms with Gasteiger partial charge in [-0.1, -0.05) is 57.5 Å². The van der Waals surface area contributed by atoms with E-state index in [4.69, 9.17) is 0 Å². The van der Waals surface area contributed by atoms with Crippen LogP contribution in [0.25, 0.3) is 0 Å². The molecule has 0 radical (unpaired) electrons. The average Bonchev–Trinajstić information content (AvgIpc) is 2.08. The Morgan fingerprint density at radius 1 is 1.08 bits per heavy atom. The summed E-state index contributed by atoms with van der Waals surface area (Å²) in [5.74, 6) is 0.653. The molecule has 0 aromatic heterocycles. The summed E-state index contributed by atoms with van der Waals surface area (Å²) < 4.78 is 0. The van der Waals surface area contributed by atoms with E-state index in [-0.39, 0.29) is 0 Å². The third-order valence-corrected chi connectivity index (χ3v) is 1.71. The fraction of sp³-hybridized carbons (Fsp3) is 0.500. The van der Waals surface area contributed by atoms with Crippen LogP contribution in [0.3, 0.4) is 0 Å². The van der Waals surface area contributed by atoms with E-state index in [1.165, 1.54) is 11.1 Å². The minimum absolute atomic E-state index is 0.653. The van der Waals surface area contributed by atoms with Gasteiger partial charge in [0.05, 0.1) is 0 Å². The quantitative estimate of drug-likeness (QED) is 0.585. The summed E-state index contributed by atoms with van der Waals surface area (Å²) >= 11 is 0. The zero-order chi connectivity index (χ0) is 9.56. The Labute approximate surface area is 76.6 Å². The molecule has 12 heavy (non-hydrogen) atoms. The molecule has 0 fully saturated rings. The van der Waals surface area contributed by atoms with E-state index in [2.05, 4.69) is 45.0 Å². The lowest BCUT2D eigenvalue weighted by Crippen LogP contribution is -1.86. The third kappa shape index (κ3) is 3.56. The predicted octanol–water partition coefficient (Wildman–Crippen LogP) is 4.14. The summed E-state index contributed by atoms with van der Waals surface area (Å²) in [6.45, 7) is 10.6. The minimum atomic E-state index is 0.653. The Morgan fingerprint density at radius 2 is 1.67 bits per heavy atom. The summed E-state index contributed by atoms with van der Waals surface area (Å²) in [6.07, 6.45) is 0. The summed E-state index contributed by atoms with van der Waals surface area (Å²) in [4.78, 5) is 0. The zero-order valence-corrected chi connectivity index (χ0v) is 8.89. The van der Waals surface area contributed by atoms with Crippen LogP contribution < -0.4 is 0 Å². The minimum Gasteiger partial charge on any atom is -0.0683 e. The summed E-state index contributed by atoms with van der Waals surface area (Å²) in [7, 11) is 0. The third-order valence-electron chi connectivity index (χ3n) is 1.71. The molecule has 0 heteroatoms. The molecule has 0 amide bonds. The highest BCUT2D eigenvalue weighted by Crippen LogP contribution is 2.14. The largest absolute Gasteiger partial charge is 0.0683 e. The van der Waals surface area contributed by atoms with Crippen LogP contribution in [0.2, 0.25) is 0 Å². The highest BCUT2D eigenvalue weighted by Gasteiger charge is 1.96. The fourth-order valence-corrected chi connectivity index (χ4v) is 1.03. The van der Waals surface area contributed by atoms with E-state index in [1.54, 1.807) is 0 Å². The van der Waals surface area contributed by atoms with Gasteiger partial charge in [-0.25, -0.2) is 0 Å². The number of rotatable bonds is 1. The van der Waals surface area contributed by atoms with E-state index in [1.807, 2.05) is 13.8 Å². The van der Waals surface area contributed by atoms with Gasteiger partial charge in [0.2, 0.25) is 0 Å². The van der Waals surface area contributed by atoms with Crippen LogP contribution in [0, 0.1) is 6.92 Å². The number of benzene rings is 1. The number of hydrogen-bond donors (Lipinski definition) is 0. The second-order valence-corrected chi connectivity index (χ2v) is 3.07. The van der Waals surface area contributed by atoms with Crippen molar-refractivity contribution in [2.45, 2.75) is 40.5 Å². The number of hydrogen-bond acceptors (Lipinski definition) is 0. The lowest BCUT2D eigenvalue weighted by atomic mass is 10.0. The highest BCUT2D eigenvalue weighted by molar-refractivity contribution is 5.24. The molecule has 0 N–H and O–H groups in total. The molecular weight excluding hydrogens is 144 g/mol. The fourth-order valence-electron chi connectivity index (χ4n) is 1.03. The molecule has 0 saturated heterocycles. The molecule has 1 rings (SSSR count). The van der Waals surface area contributed by atoms with Crippen molar-refractivity contribution in [3.63, 3.8) is 0 Å². The summed E-state index contributed by atoms with van der Waals surface area (Å²) in [6, 6.07) is 8.67. The topological polar surface area (TPSA) is 0 Å². The van der Waals surface area contributed by atoms with Gasteiger partial charge in [0.25, 0.3) is 0 Å². The van der Waals surface area contributed by atoms with Gasteiger partial charge in [-0.3, -0.25) is 0 Å². The first-order valence-electron chi connectivity index (χ1n) is 4.76. The maximum absolute atomic E-state index is 2.24. The van der Waals surface area contributed by atoms with E-state index in [9.17, 15) is 0 Å². The van der Waals surface area contributed by atoms with Gasteiger partial charge < -0.3 is 0 Å². The lowest BCUT2D eigenvalue weighted by molar-refractivity contribution is 0.865. The van der Waals surface area contributed by atoms with Crippen molar-refractivity contribution < 1.29 is 0 Å². The average molecular weight is 164 g/mol. The van der Waals surface area contributed by atoms with Crippen LogP contribution in [0.1, 0.15) is 44.7 Å². The van der Waals surface area contributed by atoms with Crippen molar-refractivity contribution in [3.8, 4) is 0 Å². The van der Waals surface area contributed by atoms with Gasteiger partial charge in [0, 0.05) is 0 Å². The zero-order valence-electron chi connectivity index (χ0n) is 8.89. The van der Waals surface area contributed by atoms with Gasteiger partial charge in [-0.05, 0) is 18.4 Å². The maximum Gasteiger partial charge on any atom is -0.0219 e. The molecule has 0 saturated carbocycles. The van der Waals surface area contributed by atoms with Gasteiger partial charge in [-0.2, -0.15) is 0 Å². The normalized spacial score (nSPS) is 9.17. The van der Waals surface area contributed by atoms with Gasteiger partial charge in [-0.15, -0.1) is 0 Å². The van der Waals surface area contributed by atoms with Crippen LogP contribution in [0.15, 0.2) is 24.3 Å². The number of aryl methyl sites for hydroxylation is 1.